The summed E-state index contributed by atoms with van der Waals surface area (Å²) < 4.78 is 11.3. The highest BCUT2D eigenvalue weighted by atomic mass is 16.5. The zero-order valence-corrected chi connectivity index (χ0v) is 16.7. The van der Waals surface area contributed by atoms with Crippen molar-refractivity contribution in [3.8, 4) is 5.75 Å². The van der Waals surface area contributed by atoms with Crippen LogP contribution in [-0.4, -0.2) is 31.1 Å². The SMILES string of the molecule is Cc1cccc(COc2coc(CN3CCN(c4ccccc4)CC3)cc2=O)c1. The molecule has 5 heteroatoms. The van der Waals surface area contributed by atoms with Gasteiger partial charge in [-0.05, 0) is 24.6 Å². The summed E-state index contributed by atoms with van der Waals surface area (Å²) in [7, 11) is 0. The summed E-state index contributed by atoms with van der Waals surface area (Å²) >= 11 is 0. The van der Waals surface area contributed by atoms with Gasteiger partial charge in [-0.2, -0.15) is 0 Å². The fourth-order valence-corrected chi connectivity index (χ4v) is 3.61. The number of para-hydroxylation sites is 1. The van der Waals surface area contributed by atoms with Crippen LogP contribution >= 0.6 is 0 Å². The van der Waals surface area contributed by atoms with Gasteiger partial charge in [-0.15, -0.1) is 0 Å². The number of aryl methyl sites for hydroxylation is 1. The third-order valence-corrected chi connectivity index (χ3v) is 5.20. The molecule has 2 aromatic carbocycles. The predicted molar refractivity (Wildman–Crippen MR) is 114 cm³/mol. The van der Waals surface area contributed by atoms with Crippen LogP contribution in [0.25, 0.3) is 0 Å². The molecule has 5 nitrogen and oxygen atoms in total. The van der Waals surface area contributed by atoms with Crippen molar-refractivity contribution in [1.29, 1.82) is 0 Å². The van der Waals surface area contributed by atoms with Gasteiger partial charge in [0.2, 0.25) is 11.2 Å². The van der Waals surface area contributed by atoms with E-state index in [2.05, 4.69) is 34.1 Å². The van der Waals surface area contributed by atoms with Crippen molar-refractivity contribution in [2.45, 2.75) is 20.1 Å². The van der Waals surface area contributed by atoms with Gasteiger partial charge in [-0.3, -0.25) is 9.69 Å². The largest absolute Gasteiger partial charge is 0.482 e. The summed E-state index contributed by atoms with van der Waals surface area (Å²) in [5.74, 6) is 0.926. The third-order valence-electron chi connectivity index (χ3n) is 5.20. The number of rotatable bonds is 6. The molecule has 0 aliphatic carbocycles. The normalized spacial score (nSPS) is 14.7. The summed E-state index contributed by atoms with van der Waals surface area (Å²) in [6, 6.07) is 20.1. The molecule has 0 bridgehead atoms. The van der Waals surface area contributed by atoms with Crippen LogP contribution in [0.4, 0.5) is 5.69 Å². The average molecular weight is 390 g/mol. The zero-order chi connectivity index (χ0) is 20.1. The van der Waals surface area contributed by atoms with Gasteiger partial charge in [0.15, 0.2) is 0 Å². The number of nitrogens with zero attached hydrogens (tertiary/aromatic N) is 2. The van der Waals surface area contributed by atoms with Crippen molar-refractivity contribution >= 4 is 5.69 Å². The van der Waals surface area contributed by atoms with Crippen molar-refractivity contribution in [2.75, 3.05) is 31.1 Å². The second kappa shape index (κ2) is 8.97. The van der Waals surface area contributed by atoms with E-state index in [1.165, 1.54) is 17.5 Å². The predicted octanol–water partition coefficient (Wildman–Crippen LogP) is 3.85. The summed E-state index contributed by atoms with van der Waals surface area (Å²) in [6.45, 7) is 6.82. The molecule has 1 aliphatic rings. The molecule has 4 rings (SSSR count). The molecular formula is C24H26N2O3. The van der Waals surface area contributed by atoms with E-state index in [1.807, 2.05) is 37.3 Å². The van der Waals surface area contributed by atoms with Crippen LogP contribution in [0.15, 0.2) is 76.1 Å². The van der Waals surface area contributed by atoms with E-state index in [-0.39, 0.29) is 11.2 Å². The standard InChI is InChI=1S/C24H26N2O3/c1-19-6-5-7-20(14-19)17-29-24-18-28-22(15-23(24)27)16-25-10-12-26(13-11-25)21-8-3-2-4-9-21/h2-9,14-15,18H,10-13,16-17H2,1H3. The lowest BCUT2D eigenvalue weighted by molar-refractivity contribution is 0.224. The highest BCUT2D eigenvalue weighted by Gasteiger charge is 2.18. The van der Waals surface area contributed by atoms with E-state index in [0.717, 1.165) is 31.7 Å². The maximum Gasteiger partial charge on any atom is 0.227 e. The molecule has 0 unspecified atom stereocenters. The molecule has 1 aromatic heterocycles. The molecule has 0 spiro atoms. The lowest BCUT2D eigenvalue weighted by Gasteiger charge is -2.35. The van der Waals surface area contributed by atoms with Gasteiger partial charge in [0, 0.05) is 37.9 Å². The number of anilines is 1. The maximum absolute atomic E-state index is 12.4. The van der Waals surface area contributed by atoms with Crippen LogP contribution in [0.3, 0.4) is 0 Å². The smallest absolute Gasteiger partial charge is 0.227 e. The van der Waals surface area contributed by atoms with Crippen LogP contribution < -0.4 is 15.1 Å². The van der Waals surface area contributed by atoms with Gasteiger partial charge < -0.3 is 14.1 Å². The lowest BCUT2D eigenvalue weighted by Crippen LogP contribution is -2.46. The first-order valence-electron chi connectivity index (χ1n) is 10.00. The van der Waals surface area contributed by atoms with Gasteiger partial charge in [-0.1, -0.05) is 48.0 Å². The molecule has 150 valence electrons. The Hall–Kier alpha value is -3.05. The van der Waals surface area contributed by atoms with Gasteiger partial charge in [-0.25, -0.2) is 0 Å². The third kappa shape index (κ3) is 5.06. The number of ether oxygens (including phenoxy) is 1. The quantitative estimate of drug-likeness (QED) is 0.640. The average Bonchev–Trinajstić information content (AvgIpc) is 2.74. The molecule has 1 fully saturated rings. The maximum atomic E-state index is 12.4. The Labute approximate surface area is 171 Å². The molecule has 2 heterocycles. The van der Waals surface area contributed by atoms with Crippen molar-refractivity contribution in [2.24, 2.45) is 0 Å². The monoisotopic (exact) mass is 390 g/mol. The van der Waals surface area contributed by atoms with E-state index < -0.39 is 0 Å². The van der Waals surface area contributed by atoms with Crippen LogP contribution in [0, 0.1) is 6.92 Å². The molecule has 0 saturated carbocycles. The number of hydrogen-bond acceptors (Lipinski definition) is 5. The molecule has 0 amide bonds. The van der Waals surface area contributed by atoms with Gasteiger partial charge in [0.1, 0.15) is 18.6 Å². The molecule has 1 saturated heterocycles. The van der Waals surface area contributed by atoms with Gasteiger partial charge in [0.25, 0.3) is 0 Å². The molecule has 0 radical (unpaired) electrons. The van der Waals surface area contributed by atoms with Crippen LogP contribution in [0.5, 0.6) is 5.75 Å². The van der Waals surface area contributed by atoms with E-state index >= 15 is 0 Å². The van der Waals surface area contributed by atoms with Crippen molar-refractivity contribution in [3.05, 3.63) is 94.0 Å². The first kappa shape index (κ1) is 19.3. The van der Waals surface area contributed by atoms with Crippen LogP contribution in [-0.2, 0) is 13.2 Å². The Morgan fingerprint density at radius 3 is 2.48 bits per heavy atom. The summed E-state index contributed by atoms with van der Waals surface area (Å²) in [4.78, 5) is 17.1. The zero-order valence-electron chi connectivity index (χ0n) is 16.7. The van der Waals surface area contributed by atoms with E-state index in [0.29, 0.717) is 18.9 Å². The summed E-state index contributed by atoms with van der Waals surface area (Å²) in [5.41, 5.74) is 3.32. The molecule has 29 heavy (non-hydrogen) atoms. The Morgan fingerprint density at radius 2 is 1.76 bits per heavy atom. The molecule has 0 atom stereocenters. The van der Waals surface area contributed by atoms with Crippen molar-refractivity contribution in [1.82, 2.24) is 4.90 Å². The number of piperazine rings is 1. The second-order valence-electron chi connectivity index (χ2n) is 7.45. The van der Waals surface area contributed by atoms with Crippen LogP contribution in [0.1, 0.15) is 16.9 Å². The van der Waals surface area contributed by atoms with E-state index in [9.17, 15) is 4.79 Å². The first-order valence-corrected chi connectivity index (χ1v) is 10.00. The lowest BCUT2D eigenvalue weighted by atomic mass is 10.1. The molecule has 1 aliphatic heterocycles. The first-order chi connectivity index (χ1) is 14.2. The number of hydrogen-bond donors (Lipinski definition) is 0. The van der Waals surface area contributed by atoms with Gasteiger partial charge in [0.05, 0.1) is 6.54 Å². The molecule has 0 N–H and O–H groups in total. The van der Waals surface area contributed by atoms with Crippen molar-refractivity contribution < 1.29 is 9.15 Å². The minimum Gasteiger partial charge on any atom is -0.482 e. The summed E-state index contributed by atoms with van der Waals surface area (Å²) in [6.07, 6.45) is 1.44. The van der Waals surface area contributed by atoms with Gasteiger partial charge >= 0.3 is 0 Å². The minimum atomic E-state index is -0.137. The van der Waals surface area contributed by atoms with E-state index in [1.54, 1.807) is 6.07 Å². The molecular weight excluding hydrogens is 364 g/mol. The highest BCUT2D eigenvalue weighted by molar-refractivity contribution is 5.46. The van der Waals surface area contributed by atoms with Crippen molar-refractivity contribution in [3.63, 3.8) is 0 Å². The topological polar surface area (TPSA) is 45.9 Å². The van der Waals surface area contributed by atoms with Crippen LogP contribution in [0.2, 0.25) is 0 Å². The Bertz CT molecular complexity index is 992. The Morgan fingerprint density at radius 1 is 0.966 bits per heavy atom. The Kier molecular flexibility index (Phi) is 5.96. The fourth-order valence-electron chi connectivity index (χ4n) is 3.61. The number of benzene rings is 2. The minimum absolute atomic E-state index is 0.137. The fraction of sp³-hybridized carbons (Fsp3) is 0.292. The summed E-state index contributed by atoms with van der Waals surface area (Å²) in [5, 5.41) is 0. The molecule has 3 aromatic rings. The Balaban J connectivity index is 1.31. The van der Waals surface area contributed by atoms with E-state index in [4.69, 9.17) is 9.15 Å². The highest BCUT2D eigenvalue weighted by Crippen LogP contribution is 2.17. The second-order valence-corrected chi connectivity index (χ2v) is 7.45.